The summed E-state index contributed by atoms with van der Waals surface area (Å²) < 4.78 is 12.0. The van der Waals surface area contributed by atoms with Crippen molar-refractivity contribution >= 4 is 40.2 Å². The fraction of sp³-hybridized carbons (Fsp3) is 0.333. The second kappa shape index (κ2) is 6.77. The van der Waals surface area contributed by atoms with Gasteiger partial charge in [-0.05, 0) is 31.5 Å². The van der Waals surface area contributed by atoms with E-state index in [1.807, 2.05) is 32.0 Å². The van der Waals surface area contributed by atoms with Gasteiger partial charge in [0.1, 0.15) is 0 Å². The molecule has 1 atom stereocenters. The van der Waals surface area contributed by atoms with Crippen molar-refractivity contribution in [1.29, 1.82) is 0 Å². The second-order valence-electron chi connectivity index (χ2n) is 4.67. The van der Waals surface area contributed by atoms with Crippen molar-refractivity contribution in [2.75, 3.05) is 19.5 Å². The summed E-state index contributed by atoms with van der Waals surface area (Å²) in [5.41, 5.74) is 3.02. The summed E-state index contributed by atoms with van der Waals surface area (Å²) in [4.78, 5) is 0. The smallest absolute Gasteiger partial charge is 0.162 e. The SMILES string of the molecule is COc1cc(C)c(NC(C)c2cc(Cl)sc2Cl)cc1OC. The Morgan fingerprint density at radius 2 is 1.71 bits per heavy atom. The number of benzene rings is 1. The van der Waals surface area contributed by atoms with Crippen molar-refractivity contribution in [3.8, 4) is 11.5 Å². The van der Waals surface area contributed by atoms with E-state index < -0.39 is 0 Å². The third-order valence-electron chi connectivity index (χ3n) is 3.25. The number of ether oxygens (including phenoxy) is 2. The van der Waals surface area contributed by atoms with Crippen LogP contribution in [-0.2, 0) is 0 Å². The van der Waals surface area contributed by atoms with Crippen molar-refractivity contribution < 1.29 is 9.47 Å². The molecule has 0 spiro atoms. The largest absolute Gasteiger partial charge is 0.493 e. The summed E-state index contributed by atoms with van der Waals surface area (Å²) in [5.74, 6) is 1.40. The van der Waals surface area contributed by atoms with Crippen LogP contribution < -0.4 is 14.8 Å². The van der Waals surface area contributed by atoms with Gasteiger partial charge in [-0.15, -0.1) is 11.3 Å². The van der Waals surface area contributed by atoms with Gasteiger partial charge in [0, 0.05) is 17.3 Å². The number of anilines is 1. The Labute approximate surface area is 138 Å². The predicted molar refractivity (Wildman–Crippen MR) is 90.7 cm³/mol. The second-order valence-corrected chi connectivity index (χ2v) is 6.95. The number of rotatable bonds is 5. The van der Waals surface area contributed by atoms with Gasteiger partial charge in [0.05, 0.1) is 28.9 Å². The van der Waals surface area contributed by atoms with Crippen LogP contribution >= 0.6 is 34.5 Å². The Morgan fingerprint density at radius 3 is 2.24 bits per heavy atom. The van der Waals surface area contributed by atoms with Crippen LogP contribution in [0.1, 0.15) is 24.1 Å². The third-order valence-corrected chi connectivity index (χ3v) is 4.77. The lowest BCUT2D eigenvalue weighted by Gasteiger charge is -2.19. The van der Waals surface area contributed by atoms with Crippen molar-refractivity contribution in [2.45, 2.75) is 19.9 Å². The maximum absolute atomic E-state index is 6.20. The van der Waals surface area contributed by atoms with E-state index >= 15 is 0 Å². The molecule has 0 saturated carbocycles. The average Bonchev–Trinajstić information content (AvgIpc) is 2.79. The standard InChI is InChI=1S/C15H17Cl2NO2S/c1-8-5-12(19-3)13(20-4)7-11(8)18-9(2)10-6-14(16)21-15(10)17/h5-7,9,18H,1-4H3. The number of aryl methyl sites for hydroxylation is 1. The first-order valence-corrected chi connectivity index (χ1v) is 7.97. The monoisotopic (exact) mass is 345 g/mol. The summed E-state index contributed by atoms with van der Waals surface area (Å²) in [5, 5.41) is 3.43. The van der Waals surface area contributed by atoms with Gasteiger partial charge in [-0.2, -0.15) is 0 Å². The molecule has 0 fully saturated rings. The first-order valence-electron chi connectivity index (χ1n) is 6.40. The molecule has 3 nitrogen and oxygen atoms in total. The number of halogens is 2. The zero-order valence-electron chi connectivity index (χ0n) is 12.3. The maximum atomic E-state index is 6.20. The summed E-state index contributed by atoms with van der Waals surface area (Å²) in [6.45, 7) is 4.06. The van der Waals surface area contributed by atoms with Gasteiger partial charge in [-0.3, -0.25) is 0 Å². The van der Waals surface area contributed by atoms with Crippen LogP contribution in [0.2, 0.25) is 8.67 Å². The molecule has 0 aliphatic heterocycles. The normalized spacial score (nSPS) is 12.1. The molecule has 21 heavy (non-hydrogen) atoms. The van der Waals surface area contributed by atoms with Gasteiger partial charge < -0.3 is 14.8 Å². The zero-order chi connectivity index (χ0) is 15.6. The topological polar surface area (TPSA) is 30.5 Å². The molecule has 0 radical (unpaired) electrons. The first kappa shape index (κ1) is 16.3. The van der Waals surface area contributed by atoms with Gasteiger partial charge in [0.2, 0.25) is 0 Å². The van der Waals surface area contributed by atoms with Gasteiger partial charge >= 0.3 is 0 Å². The van der Waals surface area contributed by atoms with Crippen LogP contribution in [-0.4, -0.2) is 14.2 Å². The molecule has 1 aromatic carbocycles. The first-order chi connectivity index (χ1) is 9.96. The Balaban J connectivity index is 2.28. The van der Waals surface area contributed by atoms with Gasteiger partial charge in [-0.1, -0.05) is 23.2 Å². The lowest BCUT2D eigenvalue weighted by Crippen LogP contribution is -2.07. The molecule has 2 aromatic rings. The molecule has 1 aromatic heterocycles. The van der Waals surface area contributed by atoms with Crippen molar-refractivity contribution in [3.63, 3.8) is 0 Å². The lowest BCUT2D eigenvalue weighted by atomic mass is 10.1. The van der Waals surface area contributed by atoms with E-state index in [0.29, 0.717) is 20.2 Å². The number of thiophene rings is 1. The lowest BCUT2D eigenvalue weighted by molar-refractivity contribution is 0.355. The molecule has 1 unspecified atom stereocenters. The highest BCUT2D eigenvalue weighted by Gasteiger charge is 2.15. The highest BCUT2D eigenvalue weighted by molar-refractivity contribution is 7.20. The predicted octanol–water partition coefficient (Wildman–Crippen LogP) is 5.55. The molecule has 0 bridgehead atoms. The minimum atomic E-state index is 0.0399. The highest BCUT2D eigenvalue weighted by Crippen LogP contribution is 2.38. The summed E-state index contributed by atoms with van der Waals surface area (Å²) in [6, 6.07) is 5.79. The number of hydrogen-bond donors (Lipinski definition) is 1. The van der Waals surface area contributed by atoms with Gasteiger partial charge in [-0.25, -0.2) is 0 Å². The third kappa shape index (κ3) is 3.57. The van der Waals surface area contributed by atoms with Crippen LogP contribution in [0, 0.1) is 6.92 Å². The van der Waals surface area contributed by atoms with E-state index in [2.05, 4.69) is 5.32 Å². The van der Waals surface area contributed by atoms with Crippen molar-refractivity contribution in [2.24, 2.45) is 0 Å². The minimum Gasteiger partial charge on any atom is -0.493 e. The van der Waals surface area contributed by atoms with Crippen LogP contribution in [0.25, 0.3) is 0 Å². The Kier molecular flexibility index (Phi) is 5.25. The molecular weight excluding hydrogens is 329 g/mol. The van der Waals surface area contributed by atoms with E-state index in [4.69, 9.17) is 32.7 Å². The Hall–Kier alpha value is -1.10. The van der Waals surface area contributed by atoms with E-state index in [-0.39, 0.29) is 6.04 Å². The quantitative estimate of drug-likeness (QED) is 0.769. The fourth-order valence-electron chi connectivity index (χ4n) is 2.10. The molecule has 0 aliphatic rings. The van der Waals surface area contributed by atoms with Crippen LogP contribution in [0.4, 0.5) is 5.69 Å². The van der Waals surface area contributed by atoms with Crippen LogP contribution in [0.3, 0.4) is 0 Å². The Bertz CT molecular complexity index is 643. The minimum absolute atomic E-state index is 0.0399. The number of nitrogens with one attached hydrogen (secondary N) is 1. The van der Waals surface area contributed by atoms with Crippen LogP contribution in [0.15, 0.2) is 18.2 Å². The molecular formula is C15H17Cl2NO2S. The fourth-order valence-corrected chi connectivity index (χ4v) is 3.74. The van der Waals surface area contributed by atoms with Gasteiger partial charge in [0.15, 0.2) is 11.5 Å². The van der Waals surface area contributed by atoms with E-state index in [1.165, 1.54) is 11.3 Å². The molecule has 0 aliphatic carbocycles. The number of hydrogen-bond acceptors (Lipinski definition) is 4. The summed E-state index contributed by atoms with van der Waals surface area (Å²) in [7, 11) is 3.25. The molecule has 1 heterocycles. The average molecular weight is 346 g/mol. The van der Waals surface area contributed by atoms with E-state index in [0.717, 1.165) is 16.8 Å². The van der Waals surface area contributed by atoms with Crippen molar-refractivity contribution in [3.05, 3.63) is 38.0 Å². The molecule has 2 rings (SSSR count). The van der Waals surface area contributed by atoms with Crippen molar-refractivity contribution in [1.82, 2.24) is 0 Å². The molecule has 0 saturated heterocycles. The van der Waals surface area contributed by atoms with Crippen LogP contribution in [0.5, 0.6) is 11.5 Å². The molecule has 1 N–H and O–H groups in total. The molecule has 0 amide bonds. The van der Waals surface area contributed by atoms with Gasteiger partial charge in [0.25, 0.3) is 0 Å². The molecule has 114 valence electrons. The highest BCUT2D eigenvalue weighted by atomic mass is 35.5. The number of methoxy groups -OCH3 is 2. The van der Waals surface area contributed by atoms with E-state index in [1.54, 1.807) is 14.2 Å². The Morgan fingerprint density at radius 1 is 1.10 bits per heavy atom. The summed E-state index contributed by atoms with van der Waals surface area (Å²) >= 11 is 13.6. The zero-order valence-corrected chi connectivity index (χ0v) is 14.6. The van der Waals surface area contributed by atoms with E-state index in [9.17, 15) is 0 Å². The molecule has 6 heteroatoms. The maximum Gasteiger partial charge on any atom is 0.162 e. The summed E-state index contributed by atoms with van der Waals surface area (Å²) in [6.07, 6.45) is 0.